The van der Waals surface area contributed by atoms with Crippen molar-refractivity contribution in [2.75, 3.05) is 11.9 Å². The number of rotatable bonds is 6. The van der Waals surface area contributed by atoms with E-state index in [-0.39, 0.29) is 11.4 Å². The van der Waals surface area contributed by atoms with Crippen LogP contribution in [0.1, 0.15) is 19.8 Å². The first-order valence-corrected chi connectivity index (χ1v) is 9.12. The number of nitrogens with zero attached hydrogens (tertiary/aromatic N) is 1. The number of pyridine rings is 1. The standard InChI is InChI=1S/C18H17BrF2N4O2/c1-2-3-5-23-18(26)25-10-7-12(20)16(13(21)8-10)27-14-4-6-22-17-15(14)11(19)9-24-17/h4,6-9H,2-3,5H2,1H3,(H,22,24)(H2,23,25,26). The predicted molar refractivity (Wildman–Crippen MR) is 102 cm³/mol. The molecule has 0 atom stereocenters. The number of aromatic nitrogens is 2. The van der Waals surface area contributed by atoms with Crippen molar-refractivity contribution in [3.63, 3.8) is 0 Å². The number of benzene rings is 1. The Bertz CT molecular complexity index is 954. The Kier molecular flexibility index (Phi) is 5.90. The van der Waals surface area contributed by atoms with E-state index in [1.165, 1.54) is 12.3 Å². The molecule has 0 unspecified atom stereocenters. The third-order valence-corrected chi connectivity index (χ3v) is 4.40. The number of urea groups is 1. The first-order chi connectivity index (χ1) is 13.0. The predicted octanol–water partition coefficient (Wildman–Crippen LogP) is 5.32. The maximum absolute atomic E-state index is 14.4. The molecule has 3 rings (SSSR count). The van der Waals surface area contributed by atoms with Crippen LogP contribution >= 0.6 is 15.9 Å². The number of hydrogen-bond acceptors (Lipinski definition) is 3. The molecule has 0 saturated carbocycles. The summed E-state index contributed by atoms with van der Waals surface area (Å²) < 4.78 is 34.9. The van der Waals surface area contributed by atoms with Crippen molar-refractivity contribution in [3.05, 3.63) is 46.7 Å². The van der Waals surface area contributed by atoms with Gasteiger partial charge in [-0.25, -0.2) is 18.6 Å². The zero-order valence-corrected chi connectivity index (χ0v) is 16.0. The number of ether oxygens (including phenoxy) is 1. The molecule has 1 aromatic carbocycles. The number of amides is 2. The highest BCUT2D eigenvalue weighted by Crippen LogP contribution is 2.36. The van der Waals surface area contributed by atoms with Gasteiger partial charge in [-0.3, -0.25) is 0 Å². The normalized spacial score (nSPS) is 10.8. The number of unbranched alkanes of at least 4 members (excludes halogenated alkanes) is 1. The fourth-order valence-electron chi connectivity index (χ4n) is 2.47. The summed E-state index contributed by atoms with van der Waals surface area (Å²) in [5.41, 5.74) is 0.510. The molecule has 142 valence electrons. The Morgan fingerprint density at radius 3 is 2.78 bits per heavy atom. The van der Waals surface area contributed by atoms with Crippen molar-refractivity contribution in [2.45, 2.75) is 19.8 Å². The summed E-state index contributed by atoms with van der Waals surface area (Å²) in [7, 11) is 0. The minimum atomic E-state index is -0.935. The Balaban J connectivity index is 1.81. The van der Waals surface area contributed by atoms with Gasteiger partial charge in [0.2, 0.25) is 0 Å². The van der Waals surface area contributed by atoms with E-state index in [1.807, 2.05) is 6.92 Å². The molecule has 27 heavy (non-hydrogen) atoms. The van der Waals surface area contributed by atoms with Crippen LogP contribution in [0, 0.1) is 11.6 Å². The number of carbonyl (C=O) groups is 1. The Labute approximate surface area is 162 Å². The average molecular weight is 439 g/mol. The van der Waals surface area contributed by atoms with E-state index in [1.54, 1.807) is 6.20 Å². The molecule has 0 aliphatic rings. The smallest absolute Gasteiger partial charge is 0.319 e. The Morgan fingerprint density at radius 1 is 1.33 bits per heavy atom. The molecule has 3 N–H and O–H groups in total. The Hall–Kier alpha value is -2.68. The maximum atomic E-state index is 14.4. The van der Waals surface area contributed by atoms with Crippen molar-refractivity contribution < 1.29 is 18.3 Å². The largest absolute Gasteiger partial charge is 0.450 e. The summed E-state index contributed by atoms with van der Waals surface area (Å²) >= 11 is 3.34. The lowest BCUT2D eigenvalue weighted by atomic mass is 10.2. The number of halogens is 3. The molecule has 0 radical (unpaired) electrons. The topological polar surface area (TPSA) is 79.0 Å². The highest BCUT2D eigenvalue weighted by molar-refractivity contribution is 9.10. The van der Waals surface area contributed by atoms with Gasteiger partial charge in [-0.05, 0) is 28.4 Å². The summed E-state index contributed by atoms with van der Waals surface area (Å²) in [6.07, 6.45) is 4.86. The second-order valence-corrected chi connectivity index (χ2v) is 6.63. The number of carbonyl (C=O) groups excluding carboxylic acids is 1. The molecule has 6 nitrogen and oxygen atoms in total. The van der Waals surface area contributed by atoms with E-state index in [2.05, 4.69) is 36.5 Å². The van der Waals surface area contributed by atoms with Gasteiger partial charge in [-0.15, -0.1) is 0 Å². The second-order valence-electron chi connectivity index (χ2n) is 5.77. The molecular formula is C18H17BrF2N4O2. The lowest BCUT2D eigenvalue weighted by Gasteiger charge is -2.12. The van der Waals surface area contributed by atoms with Crippen LogP contribution in [0.25, 0.3) is 11.0 Å². The number of hydrogen-bond donors (Lipinski definition) is 3. The molecule has 0 spiro atoms. The number of aromatic amines is 1. The molecule has 0 saturated heterocycles. The molecule has 2 aromatic heterocycles. The van der Waals surface area contributed by atoms with Crippen LogP contribution in [0.15, 0.2) is 35.1 Å². The minimum Gasteiger partial charge on any atom is -0.450 e. The molecule has 9 heteroatoms. The quantitative estimate of drug-likeness (QED) is 0.455. The van der Waals surface area contributed by atoms with Crippen LogP contribution in [0.4, 0.5) is 19.3 Å². The van der Waals surface area contributed by atoms with E-state index < -0.39 is 23.4 Å². The van der Waals surface area contributed by atoms with Gasteiger partial charge in [0, 0.05) is 41.2 Å². The second kappa shape index (κ2) is 8.34. The van der Waals surface area contributed by atoms with Crippen LogP contribution in [0.2, 0.25) is 0 Å². The monoisotopic (exact) mass is 438 g/mol. The average Bonchev–Trinajstić information content (AvgIpc) is 3.00. The van der Waals surface area contributed by atoms with Gasteiger partial charge in [0.25, 0.3) is 0 Å². The van der Waals surface area contributed by atoms with E-state index >= 15 is 0 Å². The molecule has 3 aromatic rings. The van der Waals surface area contributed by atoms with E-state index in [9.17, 15) is 13.6 Å². The number of anilines is 1. The minimum absolute atomic E-state index is 0.00551. The zero-order valence-electron chi connectivity index (χ0n) is 14.4. The molecule has 2 amide bonds. The summed E-state index contributed by atoms with van der Waals surface area (Å²) in [6.45, 7) is 2.48. The molecular weight excluding hydrogens is 422 g/mol. The molecule has 0 fully saturated rings. The van der Waals surface area contributed by atoms with Crippen LogP contribution < -0.4 is 15.4 Å². The van der Waals surface area contributed by atoms with Gasteiger partial charge >= 0.3 is 6.03 Å². The lowest BCUT2D eigenvalue weighted by Crippen LogP contribution is -2.29. The highest BCUT2D eigenvalue weighted by Gasteiger charge is 2.17. The molecule has 0 aliphatic heterocycles. The lowest BCUT2D eigenvalue weighted by molar-refractivity contribution is 0.252. The van der Waals surface area contributed by atoms with Crippen LogP contribution in [-0.4, -0.2) is 22.5 Å². The molecule has 0 aliphatic carbocycles. The van der Waals surface area contributed by atoms with Crippen molar-refractivity contribution in [3.8, 4) is 11.5 Å². The SMILES string of the molecule is CCCCNC(=O)Nc1cc(F)c(Oc2ccnc3[nH]cc(Br)c23)c(F)c1. The van der Waals surface area contributed by atoms with Gasteiger partial charge < -0.3 is 20.4 Å². The van der Waals surface area contributed by atoms with Gasteiger partial charge in [-0.2, -0.15) is 0 Å². The van der Waals surface area contributed by atoms with E-state index in [0.29, 0.717) is 22.1 Å². The molecule has 2 heterocycles. The van der Waals surface area contributed by atoms with Crippen LogP contribution in [0.5, 0.6) is 11.5 Å². The third kappa shape index (κ3) is 4.36. The van der Waals surface area contributed by atoms with E-state index in [4.69, 9.17) is 4.74 Å². The summed E-state index contributed by atoms with van der Waals surface area (Å²) in [6, 6.07) is 2.99. The first-order valence-electron chi connectivity index (χ1n) is 8.33. The number of H-pyrrole nitrogens is 1. The van der Waals surface area contributed by atoms with Gasteiger partial charge in [0.05, 0.1) is 5.39 Å². The van der Waals surface area contributed by atoms with E-state index in [0.717, 1.165) is 25.0 Å². The highest BCUT2D eigenvalue weighted by atomic mass is 79.9. The fourth-order valence-corrected chi connectivity index (χ4v) is 2.96. The number of fused-ring (bicyclic) bond motifs is 1. The summed E-state index contributed by atoms with van der Waals surface area (Å²) in [5.74, 6) is -2.19. The van der Waals surface area contributed by atoms with Gasteiger partial charge in [-0.1, -0.05) is 13.3 Å². The van der Waals surface area contributed by atoms with Gasteiger partial charge in [0.15, 0.2) is 17.4 Å². The Morgan fingerprint density at radius 2 is 2.07 bits per heavy atom. The number of nitrogens with one attached hydrogen (secondary N) is 3. The zero-order chi connectivity index (χ0) is 19.4. The fraction of sp³-hybridized carbons (Fsp3) is 0.222. The van der Waals surface area contributed by atoms with Crippen molar-refractivity contribution in [1.82, 2.24) is 15.3 Å². The van der Waals surface area contributed by atoms with Gasteiger partial charge in [0.1, 0.15) is 11.4 Å². The van der Waals surface area contributed by atoms with Crippen LogP contribution in [-0.2, 0) is 0 Å². The van der Waals surface area contributed by atoms with Crippen molar-refractivity contribution >= 4 is 38.7 Å². The van der Waals surface area contributed by atoms with Crippen LogP contribution in [0.3, 0.4) is 0 Å². The van der Waals surface area contributed by atoms with Crippen molar-refractivity contribution in [1.29, 1.82) is 0 Å². The molecule has 0 bridgehead atoms. The first kappa shape index (κ1) is 19.1. The summed E-state index contributed by atoms with van der Waals surface area (Å²) in [4.78, 5) is 18.8. The maximum Gasteiger partial charge on any atom is 0.319 e. The van der Waals surface area contributed by atoms with Crippen molar-refractivity contribution in [2.24, 2.45) is 0 Å². The third-order valence-electron chi connectivity index (χ3n) is 3.77. The summed E-state index contributed by atoms with van der Waals surface area (Å²) in [5, 5.41) is 5.57.